The Bertz CT molecular complexity index is 607. The van der Waals surface area contributed by atoms with Crippen LogP contribution in [-0.2, 0) is 6.42 Å². The average molecular weight is 255 g/mol. The van der Waals surface area contributed by atoms with Crippen LogP contribution in [0.15, 0.2) is 47.6 Å². The maximum absolute atomic E-state index is 10.4. The minimum absolute atomic E-state index is 0.221. The second kappa shape index (κ2) is 4.72. The standard InChI is InChI=1S/C15H13NO3/c17-14-6-3-11-7-12(9-19-15(11)8-14)10-1-4-13(16-18)5-2-10/h1-6,8,12,17H,7,9H2. The Morgan fingerprint density at radius 1 is 1.16 bits per heavy atom. The van der Waals surface area contributed by atoms with Crippen molar-refractivity contribution in [2.45, 2.75) is 12.3 Å². The Kier molecular flexibility index (Phi) is 2.91. The summed E-state index contributed by atoms with van der Waals surface area (Å²) in [7, 11) is 0. The molecule has 1 atom stereocenters. The minimum atomic E-state index is 0.221. The molecule has 0 saturated heterocycles. The third-order valence-corrected chi connectivity index (χ3v) is 3.43. The lowest BCUT2D eigenvalue weighted by atomic mass is 9.90. The third kappa shape index (κ3) is 2.29. The fraction of sp³-hybridized carbons (Fsp3) is 0.200. The van der Waals surface area contributed by atoms with E-state index >= 15 is 0 Å². The lowest BCUT2D eigenvalue weighted by molar-refractivity contribution is 0.261. The Labute approximate surface area is 110 Å². The van der Waals surface area contributed by atoms with Gasteiger partial charge < -0.3 is 9.84 Å². The molecule has 1 aliphatic rings. The van der Waals surface area contributed by atoms with Crippen LogP contribution in [-0.4, -0.2) is 11.7 Å². The van der Waals surface area contributed by atoms with Gasteiger partial charge in [0.15, 0.2) is 0 Å². The molecule has 1 N–H and O–H groups in total. The van der Waals surface area contributed by atoms with Gasteiger partial charge in [-0.1, -0.05) is 18.2 Å². The highest BCUT2D eigenvalue weighted by atomic mass is 16.5. The summed E-state index contributed by atoms with van der Waals surface area (Å²) < 4.78 is 5.68. The molecule has 1 aliphatic heterocycles. The van der Waals surface area contributed by atoms with Gasteiger partial charge in [0, 0.05) is 12.0 Å². The number of nitrogens with zero attached hydrogens (tertiary/aromatic N) is 1. The van der Waals surface area contributed by atoms with E-state index in [1.165, 1.54) is 0 Å². The van der Waals surface area contributed by atoms with Crippen molar-refractivity contribution in [2.75, 3.05) is 6.61 Å². The number of hydrogen-bond acceptors (Lipinski definition) is 4. The molecule has 0 spiro atoms. The molecule has 2 aromatic rings. The van der Waals surface area contributed by atoms with Crippen molar-refractivity contribution in [2.24, 2.45) is 5.18 Å². The van der Waals surface area contributed by atoms with E-state index in [0.29, 0.717) is 12.3 Å². The zero-order valence-corrected chi connectivity index (χ0v) is 10.2. The van der Waals surface area contributed by atoms with Gasteiger partial charge in [-0.2, -0.15) is 0 Å². The van der Waals surface area contributed by atoms with Gasteiger partial charge in [0.25, 0.3) is 0 Å². The van der Waals surface area contributed by atoms with E-state index in [1.54, 1.807) is 24.3 Å². The van der Waals surface area contributed by atoms with Crippen molar-refractivity contribution in [1.29, 1.82) is 0 Å². The molecule has 19 heavy (non-hydrogen) atoms. The molecule has 1 heterocycles. The average Bonchev–Trinajstić information content (AvgIpc) is 2.47. The van der Waals surface area contributed by atoms with Crippen LogP contribution in [0.5, 0.6) is 11.5 Å². The first-order chi connectivity index (χ1) is 9.26. The van der Waals surface area contributed by atoms with Crippen LogP contribution in [0.3, 0.4) is 0 Å². The zero-order chi connectivity index (χ0) is 13.2. The quantitative estimate of drug-likeness (QED) is 0.835. The van der Waals surface area contributed by atoms with Crippen molar-refractivity contribution >= 4 is 5.69 Å². The van der Waals surface area contributed by atoms with E-state index in [-0.39, 0.29) is 11.7 Å². The lowest BCUT2D eigenvalue weighted by Crippen LogP contribution is -2.18. The smallest absolute Gasteiger partial charge is 0.126 e. The molecule has 0 aliphatic carbocycles. The predicted octanol–water partition coefficient (Wildman–Crippen LogP) is 3.51. The molecular formula is C15H13NO3. The number of nitroso groups, excluding NO2 is 1. The van der Waals surface area contributed by atoms with Gasteiger partial charge in [0.2, 0.25) is 0 Å². The fourth-order valence-corrected chi connectivity index (χ4v) is 2.38. The van der Waals surface area contributed by atoms with Crippen LogP contribution in [0, 0.1) is 4.91 Å². The van der Waals surface area contributed by atoms with E-state index in [1.807, 2.05) is 18.2 Å². The van der Waals surface area contributed by atoms with Gasteiger partial charge in [-0.25, -0.2) is 0 Å². The van der Waals surface area contributed by atoms with Gasteiger partial charge in [-0.05, 0) is 40.9 Å². The summed E-state index contributed by atoms with van der Waals surface area (Å²) in [4.78, 5) is 10.4. The fourth-order valence-electron chi connectivity index (χ4n) is 2.38. The molecule has 4 nitrogen and oxygen atoms in total. The Hall–Kier alpha value is -2.36. The number of rotatable bonds is 2. The molecule has 96 valence electrons. The van der Waals surface area contributed by atoms with Crippen molar-refractivity contribution in [3.8, 4) is 11.5 Å². The van der Waals surface area contributed by atoms with Gasteiger partial charge in [-0.15, -0.1) is 4.91 Å². The SMILES string of the molecule is O=Nc1ccc(C2COc3cc(O)ccc3C2)cc1. The van der Waals surface area contributed by atoms with Gasteiger partial charge in [0.05, 0.1) is 6.61 Å². The van der Waals surface area contributed by atoms with Crippen LogP contribution < -0.4 is 4.74 Å². The van der Waals surface area contributed by atoms with Crippen LogP contribution in [0.4, 0.5) is 5.69 Å². The molecule has 2 aromatic carbocycles. The number of phenols is 1. The molecule has 4 heteroatoms. The third-order valence-electron chi connectivity index (χ3n) is 3.43. The van der Waals surface area contributed by atoms with Crippen molar-refractivity contribution < 1.29 is 9.84 Å². The van der Waals surface area contributed by atoms with Crippen LogP contribution in [0.25, 0.3) is 0 Å². The molecule has 0 fully saturated rings. The molecule has 0 saturated carbocycles. The number of phenolic OH excluding ortho intramolecular Hbond substituents is 1. The molecule has 0 aromatic heterocycles. The summed E-state index contributed by atoms with van der Waals surface area (Å²) >= 11 is 0. The number of hydrogen-bond donors (Lipinski definition) is 1. The second-order valence-corrected chi connectivity index (χ2v) is 4.69. The largest absolute Gasteiger partial charge is 0.508 e. The van der Waals surface area contributed by atoms with Crippen LogP contribution >= 0.6 is 0 Å². The van der Waals surface area contributed by atoms with Crippen molar-refractivity contribution in [3.63, 3.8) is 0 Å². The normalized spacial score (nSPS) is 17.4. The maximum Gasteiger partial charge on any atom is 0.126 e. The zero-order valence-electron chi connectivity index (χ0n) is 10.2. The number of ether oxygens (including phenoxy) is 1. The highest BCUT2D eigenvalue weighted by Gasteiger charge is 2.21. The second-order valence-electron chi connectivity index (χ2n) is 4.69. The van der Waals surface area contributed by atoms with E-state index < -0.39 is 0 Å². The molecule has 3 rings (SSSR count). The lowest BCUT2D eigenvalue weighted by Gasteiger charge is -2.25. The van der Waals surface area contributed by atoms with Crippen LogP contribution in [0.1, 0.15) is 17.0 Å². The molecule has 0 bridgehead atoms. The van der Waals surface area contributed by atoms with Gasteiger partial charge in [-0.3, -0.25) is 0 Å². The van der Waals surface area contributed by atoms with Gasteiger partial charge >= 0.3 is 0 Å². The monoisotopic (exact) mass is 255 g/mol. The van der Waals surface area contributed by atoms with Crippen LogP contribution in [0.2, 0.25) is 0 Å². The summed E-state index contributed by atoms with van der Waals surface area (Å²) in [5.41, 5.74) is 2.66. The summed E-state index contributed by atoms with van der Waals surface area (Å²) in [5, 5.41) is 12.3. The Morgan fingerprint density at radius 3 is 2.68 bits per heavy atom. The summed E-state index contributed by atoms with van der Waals surface area (Å²) in [6.45, 7) is 0.574. The van der Waals surface area contributed by atoms with E-state index in [0.717, 1.165) is 23.3 Å². The number of benzene rings is 2. The van der Waals surface area contributed by atoms with E-state index in [9.17, 15) is 10.0 Å². The number of aromatic hydroxyl groups is 1. The Morgan fingerprint density at radius 2 is 1.95 bits per heavy atom. The molecule has 0 radical (unpaired) electrons. The summed E-state index contributed by atoms with van der Waals surface area (Å²) in [6.07, 6.45) is 0.865. The van der Waals surface area contributed by atoms with E-state index in [4.69, 9.17) is 4.74 Å². The molecular weight excluding hydrogens is 242 g/mol. The summed E-state index contributed by atoms with van der Waals surface area (Å²) in [6, 6.07) is 12.5. The highest BCUT2D eigenvalue weighted by molar-refractivity contribution is 5.44. The van der Waals surface area contributed by atoms with E-state index in [2.05, 4.69) is 5.18 Å². The molecule has 1 unspecified atom stereocenters. The summed E-state index contributed by atoms with van der Waals surface area (Å²) in [5.74, 6) is 1.23. The van der Waals surface area contributed by atoms with Crippen molar-refractivity contribution in [3.05, 3.63) is 58.5 Å². The first kappa shape index (κ1) is 11.7. The first-order valence-corrected chi connectivity index (χ1v) is 6.14. The maximum atomic E-state index is 10.4. The molecule has 0 amide bonds. The highest BCUT2D eigenvalue weighted by Crippen LogP contribution is 2.34. The van der Waals surface area contributed by atoms with Gasteiger partial charge in [0.1, 0.15) is 17.2 Å². The minimum Gasteiger partial charge on any atom is -0.508 e. The topological polar surface area (TPSA) is 58.9 Å². The predicted molar refractivity (Wildman–Crippen MR) is 71.9 cm³/mol. The number of fused-ring (bicyclic) bond motifs is 1. The first-order valence-electron chi connectivity index (χ1n) is 6.14. The van der Waals surface area contributed by atoms with Crippen molar-refractivity contribution in [1.82, 2.24) is 0 Å². The Balaban J connectivity index is 1.84.